The standard InChI is InChI=1S/C16H23N.C2H6/c1-12-8-7-9-13(2)14(12)17-11-10-15(3,4)16(17,5)6;1-2/h7-11H,1-6H3;1-2H3. The fourth-order valence-electron chi connectivity index (χ4n) is 2.50. The fourth-order valence-corrected chi connectivity index (χ4v) is 2.50. The van der Waals surface area contributed by atoms with Crippen molar-refractivity contribution in [3.8, 4) is 0 Å². The zero-order valence-electron chi connectivity index (χ0n) is 13.8. The number of para-hydroxylation sites is 1. The molecule has 106 valence electrons. The quantitative estimate of drug-likeness (QED) is 0.646. The Labute approximate surface area is 119 Å². The summed E-state index contributed by atoms with van der Waals surface area (Å²) in [7, 11) is 0. The number of aryl methyl sites for hydroxylation is 2. The predicted molar refractivity (Wildman–Crippen MR) is 86.7 cm³/mol. The molecule has 0 N–H and O–H groups in total. The van der Waals surface area contributed by atoms with Crippen LogP contribution in [0.25, 0.3) is 0 Å². The van der Waals surface area contributed by atoms with Crippen LogP contribution in [0.2, 0.25) is 0 Å². The van der Waals surface area contributed by atoms with E-state index in [1.54, 1.807) is 0 Å². The van der Waals surface area contributed by atoms with E-state index >= 15 is 0 Å². The van der Waals surface area contributed by atoms with E-state index in [9.17, 15) is 0 Å². The Morgan fingerprint density at radius 2 is 1.37 bits per heavy atom. The van der Waals surface area contributed by atoms with Crippen molar-refractivity contribution in [2.75, 3.05) is 4.90 Å². The monoisotopic (exact) mass is 259 g/mol. The van der Waals surface area contributed by atoms with Crippen LogP contribution in [0.15, 0.2) is 30.5 Å². The van der Waals surface area contributed by atoms with Crippen LogP contribution < -0.4 is 4.90 Å². The SMILES string of the molecule is CC.Cc1cccc(C)c1N1C=CC(C)(C)C1(C)C. The van der Waals surface area contributed by atoms with Crippen molar-refractivity contribution in [3.63, 3.8) is 0 Å². The molecular formula is C18H29N. The highest BCUT2D eigenvalue weighted by atomic mass is 15.2. The largest absolute Gasteiger partial charge is 0.341 e. The summed E-state index contributed by atoms with van der Waals surface area (Å²) in [5.41, 5.74) is 4.37. The van der Waals surface area contributed by atoms with Crippen molar-refractivity contribution >= 4 is 5.69 Å². The van der Waals surface area contributed by atoms with Gasteiger partial charge in [0.15, 0.2) is 0 Å². The van der Waals surface area contributed by atoms with E-state index in [-0.39, 0.29) is 11.0 Å². The topological polar surface area (TPSA) is 3.24 Å². The number of benzene rings is 1. The summed E-state index contributed by atoms with van der Waals surface area (Å²) < 4.78 is 0. The van der Waals surface area contributed by atoms with Crippen LogP contribution in [0.4, 0.5) is 5.69 Å². The normalized spacial score (nSPS) is 19.1. The van der Waals surface area contributed by atoms with Crippen LogP contribution in [0.1, 0.15) is 52.7 Å². The Bertz CT molecular complexity index is 446. The molecule has 1 aromatic rings. The number of hydrogen-bond donors (Lipinski definition) is 0. The molecule has 0 atom stereocenters. The van der Waals surface area contributed by atoms with E-state index in [0.717, 1.165) is 0 Å². The zero-order chi connectivity index (χ0) is 14.8. The van der Waals surface area contributed by atoms with Crippen molar-refractivity contribution in [3.05, 3.63) is 41.6 Å². The molecule has 1 heterocycles. The highest BCUT2D eigenvalue weighted by molar-refractivity contribution is 5.64. The number of anilines is 1. The third kappa shape index (κ3) is 2.56. The minimum atomic E-state index is 0.115. The van der Waals surface area contributed by atoms with E-state index in [1.807, 2.05) is 13.8 Å². The lowest BCUT2D eigenvalue weighted by molar-refractivity contribution is 0.289. The summed E-state index contributed by atoms with van der Waals surface area (Å²) in [5.74, 6) is 0. The van der Waals surface area contributed by atoms with Gasteiger partial charge in [0.2, 0.25) is 0 Å². The minimum Gasteiger partial charge on any atom is -0.341 e. The molecule has 1 nitrogen and oxygen atoms in total. The van der Waals surface area contributed by atoms with Gasteiger partial charge in [0.05, 0.1) is 0 Å². The summed E-state index contributed by atoms with van der Waals surface area (Å²) in [5, 5.41) is 0. The van der Waals surface area contributed by atoms with Crippen LogP contribution >= 0.6 is 0 Å². The Morgan fingerprint density at radius 3 is 1.74 bits per heavy atom. The van der Waals surface area contributed by atoms with Crippen LogP contribution in [0.3, 0.4) is 0 Å². The molecule has 0 unspecified atom stereocenters. The molecule has 1 aromatic carbocycles. The van der Waals surface area contributed by atoms with Gasteiger partial charge < -0.3 is 4.90 Å². The zero-order valence-corrected chi connectivity index (χ0v) is 13.8. The highest BCUT2D eigenvalue weighted by Crippen LogP contribution is 2.46. The molecule has 1 aliphatic rings. The van der Waals surface area contributed by atoms with Crippen LogP contribution in [-0.2, 0) is 0 Å². The third-order valence-corrected chi connectivity index (χ3v) is 4.50. The Balaban J connectivity index is 0.000000861. The van der Waals surface area contributed by atoms with Gasteiger partial charge in [0.25, 0.3) is 0 Å². The maximum atomic E-state index is 2.43. The number of hydrogen-bond acceptors (Lipinski definition) is 1. The lowest BCUT2D eigenvalue weighted by Gasteiger charge is -2.43. The second kappa shape index (κ2) is 5.40. The molecule has 0 saturated carbocycles. The van der Waals surface area contributed by atoms with Crippen molar-refractivity contribution in [1.82, 2.24) is 0 Å². The molecule has 0 spiro atoms. The van der Waals surface area contributed by atoms with Gasteiger partial charge in [-0.15, -0.1) is 0 Å². The Hall–Kier alpha value is -1.24. The average Bonchev–Trinajstić information content (AvgIpc) is 2.54. The first kappa shape index (κ1) is 15.8. The summed E-state index contributed by atoms with van der Waals surface area (Å²) in [6.45, 7) is 17.6. The summed E-state index contributed by atoms with van der Waals surface area (Å²) in [4.78, 5) is 2.43. The lowest BCUT2D eigenvalue weighted by atomic mass is 9.76. The molecule has 1 aliphatic heterocycles. The summed E-state index contributed by atoms with van der Waals surface area (Å²) in [6, 6.07) is 6.52. The Morgan fingerprint density at radius 1 is 0.895 bits per heavy atom. The van der Waals surface area contributed by atoms with Crippen LogP contribution in [0.5, 0.6) is 0 Å². The van der Waals surface area contributed by atoms with Crippen molar-refractivity contribution in [2.45, 2.75) is 60.9 Å². The first-order valence-corrected chi connectivity index (χ1v) is 7.32. The van der Waals surface area contributed by atoms with Gasteiger partial charge in [0, 0.05) is 22.8 Å². The summed E-state index contributed by atoms with van der Waals surface area (Å²) >= 11 is 0. The number of nitrogens with zero attached hydrogens (tertiary/aromatic N) is 1. The summed E-state index contributed by atoms with van der Waals surface area (Å²) in [6.07, 6.45) is 4.56. The van der Waals surface area contributed by atoms with Gasteiger partial charge in [-0.3, -0.25) is 0 Å². The van der Waals surface area contributed by atoms with Gasteiger partial charge in [-0.1, -0.05) is 52.0 Å². The van der Waals surface area contributed by atoms with E-state index in [0.29, 0.717) is 0 Å². The molecule has 0 saturated heterocycles. The highest BCUT2D eigenvalue weighted by Gasteiger charge is 2.44. The molecular weight excluding hydrogens is 230 g/mol. The second-order valence-electron chi connectivity index (χ2n) is 6.21. The molecule has 0 amide bonds. The molecule has 1 heteroatoms. The van der Waals surface area contributed by atoms with Gasteiger partial charge in [-0.2, -0.15) is 0 Å². The van der Waals surface area contributed by atoms with Gasteiger partial charge in [-0.05, 0) is 38.8 Å². The van der Waals surface area contributed by atoms with Gasteiger partial charge in [-0.25, -0.2) is 0 Å². The van der Waals surface area contributed by atoms with E-state index < -0.39 is 0 Å². The van der Waals surface area contributed by atoms with Crippen molar-refractivity contribution in [1.29, 1.82) is 0 Å². The number of rotatable bonds is 1. The van der Waals surface area contributed by atoms with Crippen molar-refractivity contribution < 1.29 is 0 Å². The van der Waals surface area contributed by atoms with E-state index in [4.69, 9.17) is 0 Å². The lowest BCUT2D eigenvalue weighted by Crippen LogP contribution is -2.47. The maximum absolute atomic E-state index is 2.43. The van der Waals surface area contributed by atoms with Gasteiger partial charge in [0.1, 0.15) is 0 Å². The molecule has 0 fully saturated rings. The molecule has 0 aromatic heterocycles. The first-order chi connectivity index (χ1) is 8.77. The fraction of sp³-hybridized carbons (Fsp3) is 0.556. The van der Waals surface area contributed by atoms with E-state index in [2.05, 4.69) is 76.9 Å². The molecule has 19 heavy (non-hydrogen) atoms. The molecule has 0 radical (unpaired) electrons. The van der Waals surface area contributed by atoms with Crippen LogP contribution in [0, 0.1) is 19.3 Å². The molecule has 0 bridgehead atoms. The van der Waals surface area contributed by atoms with E-state index in [1.165, 1.54) is 16.8 Å². The third-order valence-electron chi connectivity index (χ3n) is 4.50. The maximum Gasteiger partial charge on any atom is 0.0475 e. The predicted octanol–water partition coefficient (Wildman–Crippen LogP) is 5.47. The molecule has 2 rings (SSSR count). The smallest absolute Gasteiger partial charge is 0.0475 e. The second-order valence-corrected chi connectivity index (χ2v) is 6.21. The average molecular weight is 259 g/mol. The molecule has 0 aliphatic carbocycles. The minimum absolute atomic E-state index is 0.115. The van der Waals surface area contributed by atoms with Gasteiger partial charge >= 0.3 is 0 Å². The Kier molecular flexibility index (Phi) is 4.50. The van der Waals surface area contributed by atoms with Crippen molar-refractivity contribution in [2.24, 2.45) is 5.41 Å². The first-order valence-electron chi connectivity index (χ1n) is 7.32. The van der Waals surface area contributed by atoms with Crippen LogP contribution in [-0.4, -0.2) is 5.54 Å².